The molecule has 0 saturated carbocycles. The van der Waals surface area contributed by atoms with Crippen LogP contribution < -0.4 is 9.47 Å². The lowest BCUT2D eigenvalue weighted by Gasteiger charge is -2.15. The maximum Gasteiger partial charge on any atom is 0.270 e. The van der Waals surface area contributed by atoms with E-state index in [9.17, 15) is 20.6 Å². The molecule has 33 heavy (non-hydrogen) atoms. The van der Waals surface area contributed by atoms with Crippen LogP contribution in [0.4, 0.5) is 5.69 Å². The molecular formula is C25H18BrN3O4. The van der Waals surface area contributed by atoms with E-state index in [1.165, 1.54) is 18.2 Å². The van der Waals surface area contributed by atoms with Gasteiger partial charge in [-0.25, -0.2) is 0 Å². The van der Waals surface area contributed by atoms with E-state index < -0.39 is 4.92 Å². The van der Waals surface area contributed by atoms with Crippen molar-refractivity contribution in [3.63, 3.8) is 0 Å². The van der Waals surface area contributed by atoms with Crippen molar-refractivity contribution in [1.29, 1.82) is 10.5 Å². The van der Waals surface area contributed by atoms with Gasteiger partial charge in [0.15, 0.2) is 11.5 Å². The highest BCUT2D eigenvalue weighted by Crippen LogP contribution is 2.38. The molecule has 0 aliphatic heterocycles. The normalized spacial score (nSPS) is 10.7. The lowest BCUT2D eigenvalue weighted by Crippen LogP contribution is -2.02. The number of nitro groups is 1. The third-order valence-electron chi connectivity index (χ3n) is 4.64. The molecule has 3 aromatic carbocycles. The van der Waals surface area contributed by atoms with Crippen molar-refractivity contribution in [1.82, 2.24) is 0 Å². The molecule has 0 spiro atoms. The molecule has 7 nitrogen and oxygen atoms in total. The van der Waals surface area contributed by atoms with Gasteiger partial charge in [-0.05, 0) is 58.3 Å². The van der Waals surface area contributed by atoms with Crippen LogP contribution in [-0.4, -0.2) is 11.5 Å². The summed E-state index contributed by atoms with van der Waals surface area (Å²) in [5.74, 6) is 0.930. The molecule has 0 aliphatic rings. The highest BCUT2D eigenvalue weighted by Gasteiger charge is 2.15. The lowest BCUT2D eigenvalue weighted by molar-refractivity contribution is -0.384. The number of hydrogen-bond acceptors (Lipinski definition) is 6. The third-order valence-corrected chi connectivity index (χ3v) is 5.23. The molecule has 0 amide bonds. The summed E-state index contributed by atoms with van der Waals surface area (Å²) in [5, 5.41) is 30.0. The molecule has 0 aliphatic carbocycles. The van der Waals surface area contributed by atoms with E-state index in [-0.39, 0.29) is 17.9 Å². The average Bonchev–Trinajstić information content (AvgIpc) is 2.82. The Kier molecular flexibility index (Phi) is 7.80. The molecule has 3 aromatic rings. The number of hydrogen-bond donors (Lipinski definition) is 0. The molecule has 0 unspecified atom stereocenters. The third kappa shape index (κ3) is 5.76. The fourth-order valence-electron chi connectivity index (χ4n) is 3.11. The van der Waals surface area contributed by atoms with Gasteiger partial charge in [0.1, 0.15) is 6.61 Å². The average molecular weight is 504 g/mol. The van der Waals surface area contributed by atoms with Gasteiger partial charge < -0.3 is 9.47 Å². The van der Waals surface area contributed by atoms with Gasteiger partial charge in [-0.15, -0.1) is 0 Å². The second-order valence-electron chi connectivity index (χ2n) is 6.80. The van der Waals surface area contributed by atoms with Crippen molar-refractivity contribution >= 4 is 33.3 Å². The fraction of sp³-hybridized carbons (Fsp3) is 0.120. The first-order valence-corrected chi connectivity index (χ1v) is 10.7. The largest absolute Gasteiger partial charge is 0.490 e. The van der Waals surface area contributed by atoms with Crippen LogP contribution in [-0.2, 0) is 6.61 Å². The number of non-ortho nitro benzene ring substituents is 1. The molecule has 0 bridgehead atoms. The molecule has 0 aromatic heterocycles. The smallest absolute Gasteiger partial charge is 0.270 e. The number of benzene rings is 3. The van der Waals surface area contributed by atoms with Gasteiger partial charge in [0.2, 0.25) is 0 Å². The molecule has 0 fully saturated rings. The standard InChI is InChI=1S/C25H18BrN3O4/c1-2-32-24-12-17(10-21(15-28)18-8-5-9-22(13-18)29(30)31)11-23(26)25(24)33-16-20-7-4-3-6-19(20)14-27/h3-13H,2,16H2,1H3/b21-10-. The highest BCUT2D eigenvalue weighted by molar-refractivity contribution is 9.10. The summed E-state index contributed by atoms with van der Waals surface area (Å²) in [6.45, 7) is 2.41. The molecule has 164 valence electrons. The SMILES string of the molecule is CCOc1cc(/C=C(/C#N)c2cccc([N+](=O)[O-])c2)cc(Br)c1OCc1ccccc1C#N. The predicted molar refractivity (Wildman–Crippen MR) is 127 cm³/mol. The van der Waals surface area contributed by atoms with Gasteiger partial charge in [0.05, 0.1) is 39.3 Å². The van der Waals surface area contributed by atoms with Gasteiger partial charge >= 0.3 is 0 Å². The zero-order valence-corrected chi connectivity index (χ0v) is 19.2. The van der Waals surface area contributed by atoms with E-state index in [2.05, 4.69) is 28.1 Å². The molecule has 3 rings (SSSR count). The number of rotatable bonds is 8. The number of nitriles is 2. The van der Waals surface area contributed by atoms with Crippen LogP contribution in [0.15, 0.2) is 65.1 Å². The van der Waals surface area contributed by atoms with Gasteiger partial charge in [0, 0.05) is 17.7 Å². The summed E-state index contributed by atoms with van der Waals surface area (Å²) < 4.78 is 12.3. The zero-order valence-electron chi connectivity index (χ0n) is 17.6. The molecule has 0 atom stereocenters. The van der Waals surface area contributed by atoms with E-state index in [0.717, 1.165) is 5.56 Å². The molecule has 0 N–H and O–H groups in total. The summed E-state index contributed by atoms with van der Waals surface area (Å²) in [6, 6.07) is 20.8. The van der Waals surface area contributed by atoms with E-state index in [4.69, 9.17) is 9.47 Å². The van der Waals surface area contributed by atoms with Crippen LogP contribution in [0.3, 0.4) is 0 Å². The van der Waals surface area contributed by atoms with Crippen molar-refractivity contribution in [2.24, 2.45) is 0 Å². The first-order valence-electron chi connectivity index (χ1n) is 9.90. The summed E-state index contributed by atoms with van der Waals surface area (Å²) in [4.78, 5) is 10.6. The number of halogens is 1. The lowest BCUT2D eigenvalue weighted by atomic mass is 10.0. The van der Waals surface area contributed by atoms with Crippen LogP contribution in [0.25, 0.3) is 11.6 Å². The Balaban J connectivity index is 1.96. The number of allylic oxidation sites excluding steroid dienone is 1. The van der Waals surface area contributed by atoms with E-state index in [1.807, 2.05) is 19.1 Å². The second-order valence-corrected chi connectivity index (χ2v) is 7.65. The van der Waals surface area contributed by atoms with E-state index >= 15 is 0 Å². The molecule has 8 heteroatoms. The van der Waals surface area contributed by atoms with Crippen molar-refractivity contribution in [3.8, 4) is 23.6 Å². The van der Waals surface area contributed by atoms with E-state index in [1.54, 1.807) is 36.4 Å². The van der Waals surface area contributed by atoms with Gasteiger partial charge in [-0.1, -0.05) is 30.3 Å². The Labute approximate surface area is 199 Å². The molecule has 0 saturated heterocycles. The maximum atomic E-state index is 11.1. The molecule has 0 radical (unpaired) electrons. The Morgan fingerprint density at radius 3 is 2.61 bits per heavy atom. The summed E-state index contributed by atoms with van der Waals surface area (Å²) in [5.41, 5.74) is 2.54. The topological polar surface area (TPSA) is 109 Å². The summed E-state index contributed by atoms with van der Waals surface area (Å²) in [6.07, 6.45) is 1.63. The van der Waals surface area contributed by atoms with Crippen molar-refractivity contribution in [2.75, 3.05) is 6.61 Å². The Morgan fingerprint density at radius 2 is 1.91 bits per heavy atom. The number of ether oxygens (including phenoxy) is 2. The van der Waals surface area contributed by atoms with Gasteiger partial charge in [-0.3, -0.25) is 10.1 Å². The minimum absolute atomic E-state index is 0.0914. The zero-order chi connectivity index (χ0) is 23.8. The Hall–Kier alpha value is -4.14. The summed E-state index contributed by atoms with van der Waals surface area (Å²) in [7, 11) is 0. The second kappa shape index (κ2) is 10.9. The number of nitro benzene ring substituents is 1. The first kappa shape index (κ1) is 23.5. The highest BCUT2D eigenvalue weighted by atomic mass is 79.9. The number of nitrogens with zero attached hydrogens (tertiary/aromatic N) is 3. The monoisotopic (exact) mass is 503 g/mol. The van der Waals surface area contributed by atoms with Crippen LogP contribution in [0.1, 0.15) is 29.2 Å². The van der Waals surface area contributed by atoms with Crippen LogP contribution in [0.5, 0.6) is 11.5 Å². The predicted octanol–water partition coefficient (Wildman–Crippen LogP) is 6.27. The van der Waals surface area contributed by atoms with Gasteiger partial charge in [-0.2, -0.15) is 10.5 Å². The minimum atomic E-state index is -0.501. The molecular weight excluding hydrogens is 486 g/mol. The van der Waals surface area contributed by atoms with Crippen LogP contribution in [0, 0.1) is 32.8 Å². The Bertz CT molecular complexity index is 1310. The maximum absolute atomic E-state index is 11.1. The molecule has 0 heterocycles. The quantitative estimate of drug-likeness (QED) is 0.155. The van der Waals surface area contributed by atoms with E-state index in [0.29, 0.717) is 39.3 Å². The van der Waals surface area contributed by atoms with Crippen molar-refractivity contribution < 1.29 is 14.4 Å². The fourth-order valence-corrected chi connectivity index (χ4v) is 3.69. The van der Waals surface area contributed by atoms with Crippen LogP contribution >= 0.6 is 15.9 Å². The Morgan fingerprint density at radius 1 is 1.12 bits per heavy atom. The minimum Gasteiger partial charge on any atom is -0.490 e. The van der Waals surface area contributed by atoms with Crippen LogP contribution in [0.2, 0.25) is 0 Å². The first-order chi connectivity index (χ1) is 16.0. The van der Waals surface area contributed by atoms with Crippen molar-refractivity contribution in [2.45, 2.75) is 13.5 Å². The summed E-state index contributed by atoms with van der Waals surface area (Å²) >= 11 is 3.50. The van der Waals surface area contributed by atoms with Gasteiger partial charge in [0.25, 0.3) is 5.69 Å². The van der Waals surface area contributed by atoms with Crippen molar-refractivity contribution in [3.05, 3.63) is 97.5 Å².